The molecule has 0 unspecified atom stereocenters. The monoisotopic (exact) mass is 411 g/mol. The summed E-state index contributed by atoms with van der Waals surface area (Å²) in [5.74, 6) is 1.31. The Morgan fingerprint density at radius 1 is 1.31 bits per heavy atom. The van der Waals surface area contributed by atoms with Gasteiger partial charge in [0.25, 0.3) is 11.6 Å². The standard InChI is InChI=1S/C21H21N3O4S/c1-15-7-9-19(28-2)18(13-15)22-21-23(11-4-12-29-21)20(25)10-8-16-5-3-6-17(14-16)24(26)27/h3,5-10,13-14H,4,11-12H2,1-2H3. The van der Waals surface area contributed by atoms with Gasteiger partial charge in [0.1, 0.15) is 11.4 Å². The van der Waals surface area contributed by atoms with Crippen molar-refractivity contribution in [3.8, 4) is 5.75 Å². The number of methoxy groups -OCH3 is 1. The van der Waals surface area contributed by atoms with Crippen molar-refractivity contribution in [2.45, 2.75) is 13.3 Å². The number of hydrogen-bond donors (Lipinski definition) is 0. The molecule has 0 saturated carbocycles. The molecule has 0 N–H and O–H groups in total. The fourth-order valence-corrected chi connectivity index (χ4v) is 3.80. The first-order valence-corrected chi connectivity index (χ1v) is 10.1. The van der Waals surface area contributed by atoms with E-state index in [0.717, 1.165) is 17.7 Å². The van der Waals surface area contributed by atoms with E-state index in [4.69, 9.17) is 4.74 Å². The molecule has 0 atom stereocenters. The number of non-ortho nitro benzene ring substituents is 1. The first-order chi connectivity index (χ1) is 14.0. The predicted molar refractivity (Wildman–Crippen MR) is 116 cm³/mol. The van der Waals surface area contributed by atoms with Gasteiger partial charge in [-0.2, -0.15) is 0 Å². The van der Waals surface area contributed by atoms with Crippen molar-refractivity contribution in [1.29, 1.82) is 0 Å². The van der Waals surface area contributed by atoms with Crippen LogP contribution >= 0.6 is 11.8 Å². The van der Waals surface area contributed by atoms with Crippen LogP contribution in [-0.2, 0) is 4.79 Å². The second kappa shape index (κ2) is 9.38. The van der Waals surface area contributed by atoms with Gasteiger partial charge < -0.3 is 4.74 Å². The van der Waals surface area contributed by atoms with Crippen molar-refractivity contribution in [1.82, 2.24) is 4.90 Å². The van der Waals surface area contributed by atoms with Crippen molar-refractivity contribution in [2.24, 2.45) is 4.99 Å². The quantitative estimate of drug-likeness (QED) is 0.408. The van der Waals surface area contributed by atoms with Crippen molar-refractivity contribution < 1.29 is 14.5 Å². The average Bonchev–Trinajstić information content (AvgIpc) is 2.73. The molecule has 0 aliphatic carbocycles. The number of nitrogens with zero attached hydrogens (tertiary/aromatic N) is 3. The molecule has 1 aliphatic rings. The summed E-state index contributed by atoms with van der Waals surface area (Å²) in [6.45, 7) is 2.54. The minimum absolute atomic E-state index is 0.0121. The highest BCUT2D eigenvalue weighted by atomic mass is 32.2. The van der Waals surface area contributed by atoms with Gasteiger partial charge in [0, 0.05) is 30.5 Å². The second-order valence-electron chi connectivity index (χ2n) is 6.45. The van der Waals surface area contributed by atoms with Crippen LogP contribution in [0.25, 0.3) is 6.08 Å². The van der Waals surface area contributed by atoms with Crippen molar-refractivity contribution in [2.75, 3.05) is 19.4 Å². The van der Waals surface area contributed by atoms with Crippen LogP contribution in [0.2, 0.25) is 0 Å². The normalized spacial score (nSPS) is 15.7. The zero-order valence-electron chi connectivity index (χ0n) is 16.2. The molecule has 0 aromatic heterocycles. The molecule has 1 amide bonds. The Labute approximate surface area is 173 Å². The highest BCUT2D eigenvalue weighted by molar-refractivity contribution is 8.13. The molecule has 1 saturated heterocycles. The summed E-state index contributed by atoms with van der Waals surface area (Å²) in [6, 6.07) is 11.9. The highest BCUT2D eigenvalue weighted by Crippen LogP contribution is 2.31. The van der Waals surface area contributed by atoms with E-state index in [9.17, 15) is 14.9 Å². The fourth-order valence-electron chi connectivity index (χ4n) is 2.85. The van der Waals surface area contributed by atoms with Crippen molar-refractivity contribution >= 4 is 40.3 Å². The van der Waals surface area contributed by atoms with Crippen molar-refractivity contribution in [3.63, 3.8) is 0 Å². The summed E-state index contributed by atoms with van der Waals surface area (Å²) < 4.78 is 5.38. The summed E-state index contributed by atoms with van der Waals surface area (Å²) in [5.41, 5.74) is 2.31. The largest absolute Gasteiger partial charge is 0.494 e. The van der Waals surface area contributed by atoms with Crippen LogP contribution in [0.3, 0.4) is 0 Å². The Balaban J connectivity index is 1.84. The molecular formula is C21H21N3O4S. The number of benzene rings is 2. The Morgan fingerprint density at radius 2 is 2.14 bits per heavy atom. The molecule has 1 fully saturated rings. The number of ether oxygens (including phenoxy) is 1. The number of carbonyl (C=O) groups excluding carboxylic acids is 1. The molecule has 29 heavy (non-hydrogen) atoms. The number of amidine groups is 1. The smallest absolute Gasteiger partial charge is 0.270 e. The summed E-state index contributed by atoms with van der Waals surface area (Å²) in [6.07, 6.45) is 3.87. The van der Waals surface area contributed by atoms with Gasteiger partial charge in [0.15, 0.2) is 5.17 Å². The predicted octanol–water partition coefficient (Wildman–Crippen LogP) is 4.58. The van der Waals surface area contributed by atoms with Crippen LogP contribution in [0.1, 0.15) is 17.5 Å². The maximum atomic E-state index is 12.8. The van der Waals surface area contributed by atoms with E-state index in [0.29, 0.717) is 28.7 Å². The topological polar surface area (TPSA) is 85.0 Å². The first kappa shape index (κ1) is 20.6. The third kappa shape index (κ3) is 5.23. The van der Waals surface area contributed by atoms with Gasteiger partial charge in [-0.1, -0.05) is 30.0 Å². The Kier molecular flexibility index (Phi) is 6.66. The van der Waals surface area contributed by atoms with Crippen LogP contribution in [0.4, 0.5) is 11.4 Å². The number of carbonyl (C=O) groups is 1. The van der Waals surface area contributed by atoms with E-state index in [1.807, 2.05) is 25.1 Å². The highest BCUT2D eigenvalue weighted by Gasteiger charge is 2.22. The lowest BCUT2D eigenvalue weighted by molar-refractivity contribution is -0.384. The van der Waals surface area contributed by atoms with E-state index >= 15 is 0 Å². The Bertz CT molecular complexity index is 988. The summed E-state index contributed by atoms with van der Waals surface area (Å²) in [5, 5.41) is 11.5. The molecule has 0 bridgehead atoms. The number of nitro groups is 1. The Hall–Kier alpha value is -3.13. The maximum Gasteiger partial charge on any atom is 0.270 e. The van der Waals surface area contributed by atoms with Gasteiger partial charge in [0.2, 0.25) is 0 Å². The molecular weight excluding hydrogens is 390 g/mol. The molecule has 2 aromatic rings. The summed E-state index contributed by atoms with van der Waals surface area (Å²) >= 11 is 1.52. The first-order valence-electron chi connectivity index (χ1n) is 9.08. The van der Waals surface area contributed by atoms with Crippen LogP contribution in [0, 0.1) is 17.0 Å². The van der Waals surface area contributed by atoms with E-state index in [1.54, 1.807) is 30.2 Å². The second-order valence-corrected chi connectivity index (χ2v) is 7.51. The number of nitro benzene ring substituents is 1. The molecule has 0 radical (unpaired) electrons. The van der Waals surface area contributed by atoms with Crippen LogP contribution in [-0.4, -0.2) is 40.3 Å². The number of hydrogen-bond acceptors (Lipinski definition) is 6. The van der Waals surface area contributed by atoms with Crippen LogP contribution < -0.4 is 4.74 Å². The zero-order valence-corrected chi connectivity index (χ0v) is 17.0. The van der Waals surface area contributed by atoms with Gasteiger partial charge in [0.05, 0.1) is 12.0 Å². The van der Waals surface area contributed by atoms with E-state index in [1.165, 1.54) is 30.0 Å². The van der Waals surface area contributed by atoms with Gasteiger partial charge in [-0.15, -0.1) is 0 Å². The molecule has 1 heterocycles. The SMILES string of the molecule is COc1ccc(C)cc1N=C1SCCCN1C(=O)C=Cc1cccc([N+](=O)[O-])c1. The number of aryl methyl sites for hydroxylation is 1. The lowest BCUT2D eigenvalue weighted by atomic mass is 10.2. The average molecular weight is 411 g/mol. The Morgan fingerprint density at radius 3 is 2.90 bits per heavy atom. The minimum atomic E-state index is -0.458. The van der Waals surface area contributed by atoms with Crippen molar-refractivity contribution in [3.05, 3.63) is 69.8 Å². The third-order valence-electron chi connectivity index (χ3n) is 4.30. The van der Waals surface area contributed by atoms with E-state index in [2.05, 4.69) is 4.99 Å². The third-order valence-corrected chi connectivity index (χ3v) is 5.37. The molecule has 1 aliphatic heterocycles. The van der Waals surface area contributed by atoms with Crippen LogP contribution in [0.15, 0.2) is 53.5 Å². The van der Waals surface area contributed by atoms with Gasteiger partial charge in [-0.3, -0.25) is 19.8 Å². The van der Waals surface area contributed by atoms with E-state index in [-0.39, 0.29) is 11.6 Å². The lowest BCUT2D eigenvalue weighted by Crippen LogP contribution is -2.38. The van der Waals surface area contributed by atoms with Gasteiger partial charge in [-0.25, -0.2) is 4.99 Å². The summed E-state index contributed by atoms with van der Waals surface area (Å²) in [7, 11) is 1.59. The molecule has 2 aromatic carbocycles. The van der Waals surface area contributed by atoms with E-state index < -0.39 is 4.92 Å². The van der Waals surface area contributed by atoms with Gasteiger partial charge >= 0.3 is 0 Å². The maximum absolute atomic E-state index is 12.8. The van der Waals surface area contributed by atoms with Crippen LogP contribution in [0.5, 0.6) is 5.75 Å². The molecule has 0 spiro atoms. The molecule has 150 valence electrons. The molecule has 7 nitrogen and oxygen atoms in total. The number of thioether (sulfide) groups is 1. The number of aliphatic imine (C=N–C) groups is 1. The molecule has 8 heteroatoms. The summed E-state index contributed by atoms with van der Waals surface area (Å²) in [4.78, 5) is 29.6. The number of rotatable bonds is 5. The van der Waals surface area contributed by atoms with Gasteiger partial charge in [-0.05, 0) is 42.7 Å². The fraction of sp³-hybridized carbons (Fsp3) is 0.238. The lowest BCUT2D eigenvalue weighted by Gasteiger charge is -2.27. The minimum Gasteiger partial charge on any atom is -0.494 e. The number of amides is 1. The molecule has 3 rings (SSSR count). The zero-order chi connectivity index (χ0) is 20.8.